The van der Waals surface area contributed by atoms with Crippen molar-refractivity contribution in [2.24, 2.45) is 5.92 Å². The van der Waals surface area contributed by atoms with Crippen LogP contribution >= 0.6 is 0 Å². The van der Waals surface area contributed by atoms with Gasteiger partial charge in [-0.25, -0.2) is 0 Å². The van der Waals surface area contributed by atoms with Crippen LogP contribution in [0.15, 0.2) is 18.2 Å². The van der Waals surface area contributed by atoms with Crippen molar-refractivity contribution in [3.8, 4) is 5.75 Å². The van der Waals surface area contributed by atoms with Crippen molar-refractivity contribution in [1.29, 1.82) is 0 Å². The number of hydrogen-bond acceptors (Lipinski definition) is 4. The fourth-order valence-corrected chi connectivity index (χ4v) is 2.75. The van der Waals surface area contributed by atoms with Gasteiger partial charge in [0.15, 0.2) is 5.78 Å². The molecule has 2 atom stereocenters. The Morgan fingerprint density at radius 3 is 2.65 bits per heavy atom. The van der Waals surface area contributed by atoms with Crippen molar-refractivity contribution in [3.63, 3.8) is 0 Å². The summed E-state index contributed by atoms with van der Waals surface area (Å²) < 4.78 is 0. The van der Waals surface area contributed by atoms with Crippen LogP contribution in [0.25, 0.3) is 0 Å². The Hall–Kier alpha value is -1.39. The molecule has 2 aliphatic rings. The maximum atomic E-state index is 12.0. The molecule has 4 heteroatoms. The van der Waals surface area contributed by atoms with Crippen molar-refractivity contribution in [1.82, 2.24) is 0 Å². The number of aliphatic hydroxyl groups excluding tert-OH is 1. The van der Waals surface area contributed by atoms with Crippen LogP contribution in [0, 0.1) is 5.92 Å². The first-order valence-electron chi connectivity index (χ1n) is 5.79. The second kappa shape index (κ2) is 3.31. The van der Waals surface area contributed by atoms with E-state index in [1.807, 2.05) is 0 Å². The van der Waals surface area contributed by atoms with Gasteiger partial charge < -0.3 is 15.3 Å². The molecule has 1 aromatic rings. The molecule has 1 saturated carbocycles. The van der Waals surface area contributed by atoms with Crippen molar-refractivity contribution in [3.05, 3.63) is 29.3 Å². The molecular weight excluding hydrogens is 220 g/mol. The van der Waals surface area contributed by atoms with Crippen molar-refractivity contribution >= 4 is 5.78 Å². The van der Waals surface area contributed by atoms with Gasteiger partial charge in [0.1, 0.15) is 17.5 Å². The zero-order chi connectivity index (χ0) is 12.2. The minimum Gasteiger partial charge on any atom is -0.507 e. The highest BCUT2D eigenvalue weighted by Crippen LogP contribution is 2.52. The molecule has 0 saturated heterocycles. The highest BCUT2D eigenvalue weighted by Gasteiger charge is 2.54. The van der Waals surface area contributed by atoms with E-state index >= 15 is 0 Å². The molecule has 0 aromatic heterocycles. The van der Waals surface area contributed by atoms with Crippen LogP contribution in [0.4, 0.5) is 0 Å². The predicted molar refractivity (Wildman–Crippen MR) is 59.7 cm³/mol. The Kier molecular flexibility index (Phi) is 2.09. The number of carbonyl (C=O) groups excluding carboxylic acids is 1. The normalized spacial score (nSPS) is 32.4. The number of carbonyl (C=O) groups is 1. The summed E-state index contributed by atoms with van der Waals surface area (Å²) in [6.45, 7) is 0. The van der Waals surface area contributed by atoms with Gasteiger partial charge in [-0.3, -0.25) is 4.79 Å². The van der Waals surface area contributed by atoms with E-state index in [4.69, 9.17) is 0 Å². The van der Waals surface area contributed by atoms with E-state index in [2.05, 4.69) is 0 Å². The van der Waals surface area contributed by atoms with Crippen molar-refractivity contribution in [2.75, 3.05) is 0 Å². The predicted octanol–water partition coefficient (Wildman–Crippen LogP) is 1.15. The fourth-order valence-electron chi connectivity index (χ4n) is 2.75. The van der Waals surface area contributed by atoms with Gasteiger partial charge in [-0.2, -0.15) is 0 Å². The molecule has 1 aromatic carbocycles. The van der Waals surface area contributed by atoms with Crippen molar-refractivity contribution in [2.45, 2.75) is 31.0 Å². The summed E-state index contributed by atoms with van der Waals surface area (Å²) >= 11 is 0. The van der Waals surface area contributed by atoms with Crippen LogP contribution in [0.1, 0.15) is 41.3 Å². The maximum Gasteiger partial charge on any atom is 0.169 e. The van der Waals surface area contributed by atoms with E-state index in [0.29, 0.717) is 5.56 Å². The molecule has 1 fully saturated rings. The average molecular weight is 234 g/mol. The number of aliphatic hydroxyl groups is 2. The Balaban J connectivity index is 2.14. The summed E-state index contributed by atoms with van der Waals surface area (Å²) in [5.41, 5.74) is -0.848. The number of benzene rings is 1. The lowest BCUT2D eigenvalue weighted by atomic mass is 9.74. The van der Waals surface area contributed by atoms with E-state index in [9.17, 15) is 20.1 Å². The Bertz CT molecular complexity index is 492. The number of phenolic OH excluding ortho intramolecular Hbond substituents is 1. The summed E-state index contributed by atoms with van der Waals surface area (Å²) in [5, 5.41) is 30.3. The number of aromatic hydroxyl groups is 1. The van der Waals surface area contributed by atoms with Gasteiger partial charge in [0.25, 0.3) is 0 Å². The van der Waals surface area contributed by atoms with E-state index in [1.54, 1.807) is 12.1 Å². The minimum atomic E-state index is -1.35. The third kappa shape index (κ3) is 1.41. The summed E-state index contributed by atoms with van der Waals surface area (Å²) in [4.78, 5) is 12.0. The van der Waals surface area contributed by atoms with E-state index in [1.165, 1.54) is 6.07 Å². The molecule has 3 N–H and O–H groups in total. The molecule has 0 heterocycles. The van der Waals surface area contributed by atoms with Crippen LogP contribution in [-0.2, 0) is 0 Å². The number of phenols is 1. The van der Waals surface area contributed by atoms with E-state index in [0.717, 1.165) is 12.8 Å². The second-order valence-electron chi connectivity index (χ2n) is 5.01. The highest BCUT2D eigenvalue weighted by atomic mass is 16.3. The minimum absolute atomic E-state index is 0.00283. The molecule has 2 aliphatic carbocycles. The van der Waals surface area contributed by atoms with Gasteiger partial charge in [0, 0.05) is 6.42 Å². The first-order valence-corrected chi connectivity index (χ1v) is 5.79. The molecule has 90 valence electrons. The Labute approximate surface area is 98.5 Å². The third-order valence-electron chi connectivity index (χ3n) is 3.85. The number of rotatable bonds is 1. The fraction of sp³-hybridized carbons (Fsp3) is 0.462. The lowest BCUT2D eigenvalue weighted by molar-refractivity contribution is -0.0959. The zero-order valence-corrected chi connectivity index (χ0v) is 9.26. The van der Waals surface area contributed by atoms with E-state index < -0.39 is 11.7 Å². The van der Waals surface area contributed by atoms with Gasteiger partial charge in [-0.15, -0.1) is 0 Å². The van der Waals surface area contributed by atoms with Crippen LogP contribution in [0.2, 0.25) is 0 Å². The van der Waals surface area contributed by atoms with Gasteiger partial charge in [0.2, 0.25) is 0 Å². The molecule has 0 bridgehead atoms. The Morgan fingerprint density at radius 1 is 1.29 bits per heavy atom. The third-order valence-corrected chi connectivity index (χ3v) is 3.85. The van der Waals surface area contributed by atoms with Crippen LogP contribution in [-0.4, -0.2) is 26.7 Å². The molecule has 0 aliphatic heterocycles. The van der Waals surface area contributed by atoms with Crippen LogP contribution in [0.5, 0.6) is 5.75 Å². The van der Waals surface area contributed by atoms with Crippen LogP contribution in [0.3, 0.4) is 0 Å². The van der Waals surface area contributed by atoms with Crippen LogP contribution < -0.4 is 0 Å². The zero-order valence-electron chi connectivity index (χ0n) is 9.26. The van der Waals surface area contributed by atoms with Gasteiger partial charge >= 0.3 is 0 Å². The number of Topliss-reactive ketones (excluding diaryl/α,β-unsaturated/α-hetero) is 1. The number of fused-ring (bicyclic) bond motifs is 1. The SMILES string of the molecule is O=C1C[C@@](O)(C2CC2)[C@H](O)c2cccc(O)c21. The standard InChI is InChI=1S/C13H14O4/c14-9-3-1-2-8-11(9)10(15)6-13(17,12(8)16)7-4-5-7/h1-3,7,12,14,16-17H,4-6H2/t12-,13-/m1/s1. The van der Waals surface area contributed by atoms with Gasteiger partial charge in [-0.05, 0) is 30.4 Å². The average Bonchev–Trinajstić information content (AvgIpc) is 3.09. The van der Waals surface area contributed by atoms with Gasteiger partial charge in [0.05, 0.1) is 5.56 Å². The van der Waals surface area contributed by atoms with Crippen molar-refractivity contribution < 1.29 is 20.1 Å². The molecule has 4 nitrogen and oxygen atoms in total. The number of hydrogen-bond donors (Lipinski definition) is 3. The molecular formula is C13H14O4. The van der Waals surface area contributed by atoms with E-state index in [-0.39, 0.29) is 29.4 Å². The highest BCUT2D eigenvalue weighted by molar-refractivity contribution is 6.02. The molecule has 0 radical (unpaired) electrons. The Morgan fingerprint density at radius 2 is 2.00 bits per heavy atom. The maximum absolute atomic E-state index is 12.0. The quantitative estimate of drug-likeness (QED) is 0.681. The lowest BCUT2D eigenvalue weighted by Gasteiger charge is -2.37. The summed E-state index contributed by atoms with van der Waals surface area (Å²) in [6, 6.07) is 4.58. The lowest BCUT2D eigenvalue weighted by Crippen LogP contribution is -2.44. The summed E-state index contributed by atoms with van der Waals surface area (Å²) in [6.07, 6.45) is 0.489. The molecule has 0 amide bonds. The molecule has 0 unspecified atom stereocenters. The summed E-state index contributed by atoms with van der Waals surface area (Å²) in [5.74, 6) is -0.417. The van der Waals surface area contributed by atoms with Gasteiger partial charge in [-0.1, -0.05) is 12.1 Å². The molecule has 17 heavy (non-hydrogen) atoms. The topological polar surface area (TPSA) is 77.8 Å². The smallest absolute Gasteiger partial charge is 0.169 e. The largest absolute Gasteiger partial charge is 0.507 e. The molecule has 0 spiro atoms. The first-order chi connectivity index (χ1) is 8.04. The molecule has 3 rings (SSSR count). The summed E-state index contributed by atoms with van der Waals surface area (Å²) in [7, 11) is 0. The number of ketones is 1. The monoisotopic (exact) mass is 234 g/mol. The second-order valence-corrected chi connectivity index (χ2v) is 5.01. The first kappa shape index (κ1) is 10.7.